The number of carbonyl (C=O) groups is 1. The lowest BCUT2D eigenvalue weighted by molar-refractivity contribution is 0.102. The minimum absolute atomic E-state index is 0.0846. The molecule has 26 heavy (non-hydrogen) atoms. The molecule has 1 amide bonds. The molecule has 0 spiro atoms. The first kappa shape index (κ1) is 20.6. The molecule has 0 aliphatic heterocycles. The van der Waals surface area contributed by atoms with Crippen molar-refractivity contribution in [2.45, 2.75) is 17.6 Å². The summed E-state index contributed by atoms with van der Waals surface area (Å²) in [6.07, 6.45) is 1.59. The second-order valence-electron chi connectivity index (χ2n) is 5.51. The Kier molecular flexibility index (Phi) is 6.94. The Bertz CT molecular complexity index is 928. The molecule has 2 aromatic carbocycles. The zero-order valence-electron chi connectivity index (χ0n) is 14.3. The number of nitrogens with one attached hydrogen (secondary N) is 2. The standard InChI is InChI=1S/C17H19ClN2O4S2/c1-3-19-26(23,24)14-7-5-13(6-8-14)17(21)20-16-10-12(11-25(2)22)4-9-15(16)18/h4-10,19H,3,11H2,1-2H3,(H,20,21). The molecule has 2 N–H and O–H groups in total. The Morgan fingerprint density at radius 1 is 1.15 bits per heavy atom. The number of carbonyl (C=O) groups excluding carboxylic acids is 1. The summed E-state index contributed by atoms with van der Waals surface area (Å²) in [6.45, 7) is 1.97. The first-order valence-electron chi connectivity index (χ1n) is 7.72. The molecule has 0 aromatic heterocycles. The highest BCUT2D eigenvalue weighted by atomic mass is 35.5. The van der Waals surface area contributed by atoms with Gasteiger partial charge in [-0.1, -0.05) is 24.6 Å². The Labute approximate surface area is 160 Å². The molecule has 6 nitrogen and oxygen atoms in total. The van der Waals surface area contributed by atoms with Crippen LogP contribution in [0.2, 0.25) is 5.02 Å². The first-order valence-corrected chi connectivity index (χ1v) is 11.3. The van der Waals surface area contributed by atoms with Crippen molar-refractivity contribution in [3.8, 4) is 0 Å². The van der Waals surface area contributed by atoms with Gasteiger partial charge < -0.3 is 5.32 Å². The number of benzene rings is 2. The second kappa shape index (κ2) is 8.77. The molecule has 1 unspecified atom stereocenters. The normalized spacial score (nSPS) is 12.6. The molecule has 0 radical (unpaired) electrons. The summed E-state index contributed by atoms with van der Waals surface area (Å²) in [5, 5.41) is 3.05. The summed E-state index contributed by atoms with van der Waals surface area (Å²) < 4.78 is 37.6. The van der Waals surface area contributed by atoms with Gasteiger partial charge in [0, 0.05) is 34.9 Å². The average molecular weight is 415 g/mol. The molecule has 0 heterocycles. The van der Waals surface area contributed by atoms with Gasteiger partial charge >= 0.3 is 0 Å². The van der Waals surface area contributed by atoms with E-state index in [2.05, 4.69) is 10.0 Å². The van der Waals surface area contributed by atoms with Crippen molar-refractivity contribution < 1.29 is 17.4 Å². The van der Waals surface area contributed by atoms with Crippen LogP contribution < -0.4 is 10.0 Å². The fourth-order valence-corrected chi connectivity index (χ4v) is 4.10. The van der Waals surface area contributed by atoms with Gasteiger partial charge in [-0.15, -0.1) is 0 Å². The Morgan fingerprint density at radius 3 is 2.38 bits per heavy atom. The zero-order chi connectivity index (χ0) is 19.3. The second-order valence-corrected chi connectivity index (χ2v) is 9.12. The number of hydrogen-bond donors (Lipinski definition) is 2. The molecule has 140 valence electrons. The van der Waals surface area contributed by atoms with Crippen LogP contribution in [0.25, 0.3) is 0 Å². The molecular formula is C17H19ClN2O4S2. The van der Waals surface area contributed by atoms with Gasteiger partial charge in [0.1, 0.15) is 0 Å². The topological polar surface area (TPSA) is 92.3 Å². The SMILES string of the molecule is CCNS(=O)(=O)c1ccc(C(=O)Nc2cc(CS(C)=O)ccc2Cl)cc1. The van der Waals surface area contributed by atoms with E-state index < -0.39 is 26.7 Å². The summed E-state index contributed by atoms with van der Waals surface area (Å²) >= 11 is 6.11. The van der Waals surface area contributed by atoms with Gasteiger partial charge in [0.2, 0.25) is 10.0 Å². The summed E-state index contributed by atoms with van der Waals surface area (Å²) in [5.74, 6) is -0.0640. The maximum atomic E-state index is 12.4. The van der Waals surface area contributed by atoms with E-state index in [1.165, 1.54) is 24.3 Å². The van der Waals surface area contributed by atoms with E-state index in [9.17, 15) is 17.4 Å². The van der Waals surface area contributed by atoms with Crippen LogP contribution in [0.5, 0.6) is 0 Å². The van der Waals surface area contributed by atoms with E-state index in [-0.39, 0.29) is 11.4 Å². The van der Waals surface area contributed by atoms with Gasteiger partial charge in [0.05, 0.1) is 15.6 Å². The summed E-state index contributed by atoms with van der Waals surface area (Å²) in [4.78, 5) is 12.5. The molecule has 0 saturated heterocycles. The van der Waals surface area contributed by atoms with E-state index >= 15 is 0 Å². The molecular weight excluding hydrogens is 396 g/mol. The molecule has 0 fully saturated rings. The summed E-state index contributed by atoms with van der Waals surface area (Å²) in [6, 6.07) is 10.6. The fourth-order valence-electron chi connectivity index (χ4n) is 2.25. The number of anilines is 1. The van der Waals surface area contributed by atoms with Crippen LogP contribution in [-0.4, -0.2) is 31.3 Å². The van der Waals surface area contributed by atoms with Crippen molar-refractivity contribution in [3.63, 3.8) is 0 Å². The third-order valence-corrected chi connectivity index (χ3v) is 6.04. The summed E-state index contributed by atoms with van der Waals surface area (Å²) in [5.41, 5.74) is 1.49. The Balaban J connectivity index is 2.19. The molecule has 0 bridgehead atoms. The summed E-state index contributed by atoms with van der Waals surface area (Å²) in [7, 11) is -4.58. The Hall–Kier alpha value is -1.74. The highest BCUT2D eigenvalue weighted by molar-refractivity contribution is 7.89. The van der Waals surface area contributed by atoms with E-state index in [1.807, 2.05) is 0 Å². The minimum atomic E-state index is -3.57. The predicted molar refractivity (Wildman–Crippen MR) is 104 cm³/mol. The lowest BCUT2D eigenvalue weighted by Gasteiger charge is -2.10. The number of sulfonamides is 1. The first-order chi connectivity index (χ1) is 12.2. The number of hydrogen-bond acceptors (Lipinski definition) is 4. The van der Waals surface area contributed by atoms with E-state index in [0.717, 1.165) is 5.56 Å². The third-order valence-electron chi connectivity index (χ3n) is 3.41. The van der Waals surface area contributed by atoms with Crippen LogP contribution in [0, 0.1) is 0 Å². The van der Waals surface area contributed by atoms with Crippen LogP contribution in [0.4, 0.5) is 5.69 Å². The third kappa shape index (κ3) is 5.38. The van der Waals surface area contributed by atoms with Crippen LogP contribution in [-0.2, 0) is 26.6 Å². The van der Waals surface area contributed by atoms with Crippen molar-refractivity contribution in [2.24, 2.45) is 0 Å². The maximum absolute atomic E-state index is 12.4. The number of halogens is 1. The average Bonchev–Trinajstić information content (AvgIpc) is 2.57. The fraction of sp³-hybridized carbons (Fsp3) is 0.235. The van der Waals surface area contributed by atoms with Gasteiger partial charge in [-0.3, -0.25) is 9.00 Å². The number of amides is 1. The zero-order valence-corrected chi connectivity index (χ0v) is 16.7. The van der Waals surface area contributed by atoms with E-state index in [0.29, 0.717) is 22.0 Å². The van der Waals surface area contributed by atoms with Crippen LogP contribution in [0.3, 0.4) is 0 Å². The lowest BCUT2D eigenvalue weighted by Crippen LogP contribution is -2.23. The highest BCUT2D eigenvalue weighted by Crippen LogP contribution is 2.24. The van der Waals surface area contributed by atoms with Crippen molar-refractivity contribution in [1.82, 2.24) is 4.72 Å². The highest BCUT2D eigenvalue weighted by Gasteiger charge is 2.14. The molecule has 0 aliphatic rings. The van der Waals surface area contributed by atoms with E-state index in [1.54, 1.807) is 31.4 Å². The van der Waals surface area contributed by atoms with Gasteiger partial charge in [-0.25, -0.2) is 13.1 Å². The van der Waals surface area contributed by atoms with Gasteiger partial charge in [-0.2, -0.15) is 0 Å². The largest absolute Gasteiger partial charge is 0.321 e. The molecule has 0 aliphatic carbocycles. The molecule has 9 heteroatoms. The molecule has 2 aromatic rings. The van der Waals surface area contributed by atoms with Crippen LogP contribution >= 0.6 is 11.6 Å². The van der Waals surface area contributed by atoms with Crippen molar-refractivity contribution in [1.29, 1.82) is 0 Å². The minimum Gasteiger partial charge on any atom is -0.321 e. The van der Waals surface area contributed by atoms with Crippen molar-refractivity contribution in [3.05, 3.63) is 58.6 Å². The molecule has 1 atom stereocenters. The lowest BCUT2D eigenvalue weighted by atomic mass is 10.2. The van der Waals surface area contributed by atoms with Crippen LogP contribution in [0.1, 0.15) is 22.8 Å². The predicted octanol–water partition coefficient (Wildman–Crippen LogP) is 2.77. The van der Waals surface area contributed by atoms with Gasteiger partial charge in [0.15, 0.2) is 0 Å². The van der Waals surface area contributed by atoms with Crippen molar-refractivity contribution in [2.75, 3.05) is 18.1 Å². The molecule has 2 rings (SSSR count). The quantitative estimate of drug-likeness (QED) is 0.728. The maximum Gasteiger partial charge on any atom is 0.255 e. The van der Waals surface area contributed by atoms with E-state index in [4.69, 9.17) is 11.6 Å². The number of rotatable bonds is 7. The van der Waals surface area contributed by atoms with Gasteiger partial charge in [-0.05, 0) is 42.0 Å². The smallest absolute Gasteiger partial charge is 0.255 e. The van der Waals surface area contributed by atoms with Crippen molar-refractivity contribution >= 4 is 44.0 Å². The van der Waals surface area contributed by atoms with Gasteiger partial charge in [0.25, 0.3) is 5.91 Å². The molecule has 0 saturated carbocycles. The van der Waals surface area contributed by atoms with Crippen LogP contribution in [0.15, 0.2) is 47.4 Å². The Morgan fingerprint density at radius 2 is 1.81 bits per heavy atom. The monoisotopic (exact) mass is 414 g/mol.